The third-order valence-electron chi connectivity index (χ3n) is 4.22. The van der Waals surface area contributed by atoms with Crippen LogP contribution in [0.2, 0.25) is 0 Å². The molecule has 0 radical (unpaired) electrons. The van der Waals surface area contributed by atoms with E-state index in [1.54, 1.807) is 0 Å². The first kappa shape index (κ1) is 13.1. The Kier molecular flexibility index (Phi) is 2.98. The topological polar surface area (TPSA) is 39.2 Å². The van der Waals surface area contributed by atoms with Gasteiger partial charge in [0.2, 0.25) is 0 Å². The molecule has 2 nitrogen and oxygen atoms in total. The van der Waals surface area contributed by atoms with Crippen molar-refractivity contribution in [1.29, 1.82) is 0 Å². The first-order valence-corrected chi connectivity index (χ1v) is 7.48. The van der Waals surface area contributed by atoms with Crippen molar-refractivity contribution < 1.29 is 4.42 Å². The van der Waals surface area contributed by atoms with Crippen molar-refractivity contribution in [3.63, 3.8) is 0 Å². The number of hydrogen-bond acceptors (Lipinski definition) is 2. The summed E-state index contributed by atoms with van der Waals surface area (Å²) in [6.45, 7) is 2.55. The predicted molar refractivity (Wildman–Crippen MR) is 91.8 cm³/mol. The van der Waals surface area contributed by atoms with E-state index in [0.717, 1.165) is 33.1 Å². The van der Waals surface area contributed by atoms with Crippen LogP contribution in [0, 0.1) is 6.92 Å². The van der Waals surface area contributed by atoms with Crippen molar-refractivity contribution in [2.24, 2.45) is 5.73 Å². The molecule has 0 aliphatic carbocycles. The predicted octanol–water partition coefficient (Wildman–Crippen LogP) is 5.02. The summed E-state index contributed by atoms with van der Waals surface area (Å²) in [6, 6.07) is 20.9. The molecule has 0 spiro atoms. The number of rotatable bonds is 2. The van der Waals surface area contributed by atoms with E-state index in [4.69, 9.17) is 10.2 Å². The number of aryl methyl sites for hydroxylation is 1. The molecule has 4 rings (SSSR count). The summed E-state index contributed by atoms with van der Waals surface area (Å²) < 4.78 is 6.08. The van der Waals surface area contributed by atoms with E-state index in [0.29, 0.717) is 6.54 Å². The van der Waals surface area contributed by atoms with E-state index in [1.165, 1.54) is 11.1 Å². The summed E-state index contributed by atoms with van der Waals surface area (Å²) in [5, 5.41) is 2.27. The molecular weight excluding hydrogens is 270 g/mol. The van der Waals surface area contributed by atoms with E-state index in [9.17, 15) is 0 Å². The maximum Gasteiger partial charge on any atom is 0.140 e. The molecule has 0 fully saturated rings. The average molecular weight is 287 g/mol. The Morgan fingerprint density at radius 1 is 0.864 bits per heavy atom. The van der Waals surface area contributed by atoms with Gasteiger partial charge in [0.1, 0.15) is 11.2 Å². The molecule has 3 aromatic carbocycles. The van der Waals surface area contributed by atoms with E-state index in [-0.39, 0.29) is 0 Å². The first-order valence-electron chi connectivity index (χ1n) is 7.48. The molecule has 0 saturated heterocycles. The maximum atomic E-state index is 6.08. The van der Waals surface area contributed by atoms with Crippen molar-refractivity contribution in [2.75, 3.05) is 0 Å². The number of nitrogens with two attached hydrogens (primary N) is 1. The Morgan fingerprint density at radius 2 is 1.64 bits per heavy atom. The van der Waals surface area contributed by atoms with Crippen molar-refractivity contribution in [3.8, 4) is 11.1 Å². The van der Waals surface area contributed by atoms with Gasteiger partial charge >= 0.3 is 0 Å². The summed E-state index contributed by atoms with van der Waals surface area (Å²) in [5.41, 5.74) is 12.5. The molecule has 1 heterocycles. The number of furan rings is 1. The molecule has 22 heavy (non-hydrogen) atoms. The van der Waals surface area contributed by atoms with Gasteiger partial charge in [-0.05, 0) is 30.2 Å². The minimum absolute atomic E-state index is 0.459. The second-order valence-corrected chi connectivity index (χ2v) is 5.64. The summed E-state index contributed by atoms with van der Waals surface area (Å²) in [5.74, 6) is 0. The highest BCUT2D eigenvalue weighted by atomic mass is 16.3. The quantitative estimate of drug-likeness (QED) is 0.562. The molecule has 1 aromatic heterocycles. The summed E-state index contributed by atoms with van der Waals surface area (Å²) >= 11 is 0. The lowest BCUT2D eigenvalue weighted by Crippen LogP contribution is -1.99. The van der Waals surface area contributed by atoms with Crippen LogP contribution >= 0.6 is 0 Å². The molecular formula is C20H17NO. The molecule has 2 heteroatoms. The van der Waals surface area contributed by atoms with E-state index >= 15 is 0 Å². The number of hydrogen-bond donors (Lipinski definition) is 1. The van der Waals surface area contributed by atoms with Gasteiger partial charge in [-0.25, -0.2) is 0 Å². The molecule has 0 bridgehead atoms. The van der Waals surface area contributed by atoms with Crippen LogP contribution in [0.5, 0.6) is 0 Å². The van der Waals surface area contributed by atoms with Gasteiger partial charge in [-0.1, -0.05) is 54.1 Å². The lowest BCUT2D eigenvalue weighted by Gasteiger charge is -2.09. The highest BCUT2D eigenvalue weighted by molar-refractivity contribution is 6.07. The minimum Gasteiger partial charge on any atom is -0.456 e. The zero-order chi connectivity index (χ0) is 15.1. The number of fused-ring (bicyclic) bond motifs is 3. The van der Waals surface area contributed by atoms with Gasteiger partial charge in [0.15, 0.2) is 0 Å². The van der Waals surface area contributed by atoms with Crippen molar-refractivity contribution in [2.45, 2.75) is 13.5 Å². The third-order valence-corrected chi connectivity index (χ3v) is 4.22. The molecule has 0 aliphatic heterocycles. The van der Waals surface area contributed by atoms with Gasteiger partial charge in [0, 0.05) is 22.9 Å². The van der Waals surface area contributed by atoms with Crippen LogP contribution in [0.3, 0.4) is 0 Å². The van der Waals surface area contributed by atoms with E-state index < -0.39 is 0 Å². The highest BCUT2D eigenvalue weighted by Gasteiger charge is 2.14. The van der Waals surface area contributed by atoms with Crippen LogP contribution in [0.4, 0.5) is 0 Å². The fraction of sp³-hybridized carbons (Fsp3) is 0.100. The standard InChI is InChI=1S/C20H17NO/c1-13-6-8-14(9-7-13)15-10-11-17-16-4-2-3-5-19(16)22-20(17)18(15)12-21/h2-11H,12,21H2,1H3. The van der Waals surface area contributed by atoms with Crippen molar-refractivity contribution in [3.05, 3.63) is 71.8 Å². The summed E-state index contributed by atoms with van der Waals surface area (Å²) in [7, 11) is 0. The van der Waals surface area contributed by atoms with Crippen LogP contribution in [-0.2, 0) is 6.54 Å². The zero-order valence-electron chi connectivity index (χ0n) is 12.5. The van der Waals surface area contributed by atoms with Gasteiger partial charge in [-0.3, -0.25) is 0 Å². The minimum atomic E-state index is 0.459. The van der Waals surface area contributed by atoms with Crippen LogP contribution in [0.1, 0.15) is 11.1 Å². The first-order chi connectivity index (χ1) is 10.8. The van der Waals surface area contributed by atoms with Gasteiger partial charge in [0.25, 0.3) is 0 Å². The van der Waals surface area contributed by atoms with Gasteiger partial charge in [-0.2, -0.15) is 0 Å². The SMILES string of the molecule is Cc1ccc(-c2ccc3c(oc4ccccc43)c2CN)cc1. The molecule has 0 unspecified atom stereocenters. The maximum absolute atomic E-state index is 6.08. The van der Waals surface area contributed by atoms with Crippen LogP contribution in [-0.4, -0.2) is 0 Å². The summed E-state index contributed by atoms with van der Waals surface area (Å²) in [4.78, 5) is 0. The fourth-order valence-corrected chi connectivity index (χ4v) is 3.05. The molecule has 0 atom stereocenters. The fourth-order valence-electron chi connectivity index (χ4n) is 3.05. The molecule has 4 aromatic rings. The second-order valence-electron chi connectivity index (χ2n) is 5.64. The Morgan fingerprint density at radius 3 is 2.41 bits per heavy atom. The van der Waals surface area contributed by atoms with E-state index in [2.05, 4.69) is 49.4 Å². The molecule has 108 valence electrons. The Balaban J connectivity index is 2.04. The average Bonchev–Trinajstić information content (AvgIpc) is 2.93. The number of benzene rings is 3. The molecule has 2 N–H and O–H groups in total. The Hall–Kier alpha value is -2.58. The third kappa shape index (κ3) is 1.92. The smallest absolute Gasteiger partial charge is 0.140 e. The normalized spacial score (nSPS) is 11.4. The Labute approximate surface area is 129 Å². The van der Waals surface area contributed by atoms with Gasteiger partial charge in [0.05, 0.1) is 0 Å². The molecule has 0 amide bonds. The lowest BCUT2D eigenvalue weighted by molar-refractivity contribution is 0.663. The Bertz CT molecular complexity index is 964. The van der Waals surface area contributed by atoms with Crippen molar-refractivity contribution >= 4 is 21.9 Å². The highest BCUT2D eigenvalue weighted by Crippen LogP contribution is 2.36. The zero-order valence-corrected chi connectivity index (χ0v) is 12.5. The van der Waals surface area contributed by atoms with Crippen LogP contribution < -0.4 is 5.73 Å². The molecule has 0 aliphatic rings. The van der Waals surface area contributed by atoms with Crippen molar-refractivity contribution in [1.82, 2.24) is 0 Å². The van der Waals surface area contributed by atoms with Gasteiger partial charge < -0.3 is 10.2 Å². The monoisotopic (exact) mass is 287 g/mol. The number of para-hydroxylation sites is 1. The van der Waals surface area contributed by atoms with Crippen LogP contribution in [0.15, 0.2) is 65.1 Å². The van der Waals surface area contributed by atoms with E-state index in [1.807, 2.05) is 18.2 Å². The molecule has 0 saturated carbocycles. The largest absolute Gasteiger partial charge is 0.456 e. The van der Waals surface area contributed by atoms with Gasteiger partial charge in [-0.15, -0.1) is 0 Å². The lowest BCUT2D eigenvalue weighted by atomic mass is 9.96. The van der Waals surface area contributed by atoms with Crippen LogP contribution in [0.25, 0.3) is 33.1 Å². The second kappa shape index (κ2) is 5.00. The summed E-state index contributed by atoms with van der Waals surface area (Å²) in [6.07, 6.45) is 0.